The van der Waals surface area contributed by atoms with Crippen LogP contribution in [0.4, 0.5) is 5.69 Å². The number of hydrazone groups is 1. The van der Waals surface area contributed by atoms with Crippen LogP contribution in [0.3, 0.4) is 0 Å². The molecule has 0 N–H and O–H groups in total. The number of thioether (sulfide) groups is 1. The summed E-state index contributed by atoms with van der Waals surface area (Å²) in [5.74, 6) is -0.168. The first-order valence-corrected chi connectivity index (χ1v) is 8.32. The number of ketones is 1. The van der Waals surface area contributed by atoms with E-state index >= 15 is 0 Å². The zero-order valence-electron chi connectivity index (χ0n) is 12.3. The molecule has 4 nitrogen and oxygen atoms in total. The highest BCUT2D eigenvalue weighted by molar-refractivity contribution is 8.16. The van der Waals surface area contributed by atoms with Gasteiger partial charge in [0.05, 0.1) is 11.4 Å². The van der Waals surface area contributed by atoms with Crippen molar-refractivity contribution in [1.82, 2.24) is 0 Å². The maximum atomic E-state index is 12.5. The second kappa shape index (κ2) is 6.56. The summed E-state index contributed by atoms with van der Waals surface area (Å²) in [7, 11) is 0. The molecule has 0 saturated heterocycles. The summed E-state index contributed by atoms with van der Waals surface area (Å²) in [4.78, 5) is 24.6. The van der Waals surface area contributed by atoms with Crippen molar-refractivity contribution in [1.29, 1.82) is 0 Å². The third-order valence-corrected chi connectivity index (χ3v) is 4.52. The Morgan fingerprint density at radius 3 is 2.43 bits per heavy atom. The van der Waals surface area contributed by atoms with Crippen molar-refractivity contribution in [3.8, 4) is 0 Å². The molecule has 0 radical (unpaired) electrons. The van der Waals surface area contributed by atoms with Crippen LogP contribution in [-0.4, -0.2) is 22.5 Å². The van der Waals surface area contributed by atoms with Gasteiger partial charge < -0.3 is 0 Å². The molecule has 0 fully saturated rings. The number of hydrogen-bond acceptors (Lipinski definition) is 4. The summed E-state index contributed by atoms with van der Waals surface area (Å²) in [5, 5.41) is 6.38. The average Bonchev–Trinajstić information content (AvgIpc) is 2.56. The summed E-state index contributed by atoms with van der Waals surface area (Å²) < 4.78 is 0. The minimum Gasteiger partial charge on any atom is -0.286 e. The second-order valence-electron chi connectivity index (χ2n) is 5.07. The Morgan fingerprint density at radius 1 is 1.13 bits per heavy atom. The summed E-state index contributed by atoms with van der Waals surface area (Å²) in [6, 6.07) is 14.1. The SMILES string of the molecule is Cc1ccc(C(=O)C2=NN(c3ccc(Cl)cc3)C(=O)CS2)cc1. The van der Waals surface area contributed by atoms with Crippen molar-refractivity contribution in [3.63, 3.8) is 0 Å². The lowest BCUT2D eigenvalue weighted by Gasteiger charge is -2.22. The van der Waals surface area contributed by atoms with Gasteiger partial charge in [-0.25, -0.2) is 0 Å². The predicted octanol–water partition coefficient (Wildman–Crippen LogP) is 3.92. The van der Waals surface area contributed by atoms with Gasteiger partial charge in [0.2, 0.25) is 5.78 Å². The fourth-order valence-corrected chi connectivity index (χ4v) is 2.99. The fourth-order valence-electron chi connectivity index (χ4n) is 2.09. The first-order chi connectivity index (χ1) is 11.0. The smallest absolute Gasteiger partial charge is 0.257 e. The Hall–Kier alpha value is -2.11. The van der Waals surface area contributed by atoms with Crippen LogP contribution in [0.25, 0.3) is 0 Å². The van der Waals surface area contributed by atoms with Crippen molar-refractivity contribution in [2.45, 2.75) is 6.92 Å². The molecule has 2 aromatic rings. The van der Waals surface area contributed by atoms with Gasteiger partial charge in [-0.3, -0.25) is 9.59 Å². The number of anilines is 1. The molecule has 116 valence electrons. The lowest BCUT2D eigenvalue weighted by atomic mass is 10.1. The van der Waals surface area contributed by atoms with Gasteiger partial charge in [-0.2, -0.15) is 10.1 Å². The number of rotatable bonds is 3. The van der Waals surface area contributed by atoms with Crippen molar-refractivity contribution >= 4 is 45.8 Å². The van der Waals surface area contributed by atoms with E-state index in [0.717, 1.165) is 17.3 Å². The molecule has 1 heterocycles. The van der Waals surface area contributed by atoms with Gasteiger partial charge in [-0.1, -0.05) is 53.2 Å². The van der Waals surface area contributed by atoms with Crippen LogP contribution in [0.15, 0.2) is 53.6 Å². The Bertz CT molecular complexity index is 785. The van der Waals surface area contributed by atoms with Crippen LogP contribution in [-0.2, 0) is 4.79 Å². The van der Waals surface area contributed by atoms with E-state index in [-0.39, 0.29) is 17.4 Å². The molecule has 23 heavy (non-hydrogen) atoms. The van der Waals surface area contributed by atoms with Crippen LogP contribution in [0.2, 0.25) is 5.02 Å². The first kappa shape index (κ1) is 15.8. The van der Waals surface area contributed by atoms with E-state index in [4.69, 9.17) is 11.6 Å². The highest BCUT2D eigenvalue weighted by Crippen LogP contribution is 2.25. The van der Waals surface area contributed by atoms with Crippen LogP contribution < -0.4 is 5.01 Å². The molecule has 0 atom stereocenters. The number of carbonyl (C=O) groups is 2. The van der Waals surface area contributed by atoms with E-state index in [1.165, 1.54) is 5.01 Å². The summed E-state index contributed by atoms with van der Waals surface area (Å²) >= 11 is 7.02. The zero-order chi connectivity index (χ0) is 16.4. The van der Waals surface area contributed by atoms with Gasteiger partial charge in [-0.05, 0) is 31.2 Å². The van der Waals surface area contributed by atoms with E-state index in [0.29, 0.717) is 21.3 Å². The van der Waals surface area contributed by atoms with Gasteiger partial charge in [0.15, 0.2) is 5.04 Å². The Balaban J connectivity index is 1.91. The first-order valence-electron chi connectivity index (χ1n) is 6.96. The Labute approximate surface area is 143 Å². The highest BCUT2D eigenvalue weighted by Gasteiger charge is 2.26. The minimum absolute atomic E-state index is 0.169. The third-order valence-electron chi connectivity index (χ3n) is 3.34. The van der Waals surface area contributed by atoms with Crippen molar-refractivity contribution < 1.29 is 9.59 Å². The number of halogens is 1. The van der Waals surface area contributed by atoms with Gasteiger partial charge in [0, 0.05) is 10.6 Å². The minimum atomic E-state index is -0.179. The molecule has 3 rings (SSSR count). The molecule has 0 aromatic heterocycles. The number of carbonyl (C=O) groups excluding carboxylic acids is 2. The lowest BCUT2D eigenvalue weighted by Crippen LogP contribution is -2.34. The largest absolute Gasteiger partial charge is 0.286 e. The van der Waals surface area contributed by atoms with E-state index in [1.807, 2.05) is 19.1 Å². The Kier molecular flexibility index (Phi) is 4.50. The molecule has 0 spiro atoms. The molecular weight excluding hydrogens is 332 g/mol. The molecule has 0 unspecified atom stereocenters. The van der Waals surface area contributed by atoms with Gasteiger partial charge in [0.25, 0.3) is 5.91 Å². The van der Waals surface area contributed by atoms with Crippen LogP contribution in [0.5, 0.6) is 0 Å². The topological polar surface area (TPSA) is 49.7 Å². The second-order valence-corrected chi connectivity index (χ2v) is 6.47. The molecule has 1 amide bonds. The normalized spacial score (nSPS) is 14.6. The zero-order valence-corrected chi connectivity index (χ0v) is 13.9. The number of hydrogen-bond donors (Lipinski definition) is 0. The van der Waals surface area contributed by atoms with E-state index in [9.17, 15) is 9.59 Å². The van der Waals surface area contributed by atoms with E-state index in [1.54, 1.807) is 36.4 Å². The lowest BCUT2D eigenvalue weighted by molar-refractivity contribution is -0.116. The maximum Gasteiger partial charge on any atom is 0.257 e. The number of aryl methyl sites for hydroxylation is 1. The van der Waals surface area contributed by atoms with Gasteiger partial charge >= 0.3 is 0 Å². The predicted molar refractivity (Wildman–Crippen MR) is 94.3 cm³/mol. The molecule has 2 aromatic carbocycles. The third kappa shape index (κ3) is 3.46. The van der Waals surface area contributed by atoms with E-state index < -0.39 is 0 Å². The highest BCUT2D eigenvalue weighted by atomic mass is 35.5. The number of Topliss-reactive ketones (excluding diaryl/α,β-unsaturated/α-hetero) is 1. The monoisotopic (exact) mass is 344 g/mol. The van der Waals surface area contributed by atoms with Crippen molar-refractivity contribution in [3.05, 3.63) is 64.7 Å². The molecule has 0 bridgehead atoms. The van der Waals surface area contributed by atoms with Crippen molar-refractivity contribution in [2.24, 2.45) is 5.10 Å². The van der Waals surface area contributed by atoms with Gasteiger partial charge in [-0.15, -0.1) is 0 Å². The quantitative estimate of drug-likeness (QED) is 0.793. The molecule has 6 heteroatoms. The summed E-state index contributed by atoms with van der Waals surface area (Å²) in [6.45, 7) is 1.96. The standard InChI is InChI=1S/C17H13ClN2O2S/c1-11-2-4-12(5-3-11)16(22)17-19-20(15(21)10-23-17)14-8-6-13(18)7-9-14/h2-9H,10H2,1H3. The number of benzene rings is 2. The number of amides is 1. The fraction of sp³-hybridized carbons (Fsp3) is 0.118. The Morgan fingerprint density at radius 2 is 1.78 bits per heavy atom. The molecule has 0 saturated carbocycles. The van der Waals surface area contributed by atoms with Crippen LogP contribution >= 0.6 is 23.4 Å². The number of nitrogens with zero attached hydrogens (tertiary/aromatic N) is 2. The molecule has 0 aliphatic carbocycles. The van der Waals surface area contributed by atoms with Crippen LogP contribution in [0, 0.1) is 6.92 Å². The van der Waals surface area contributed by atoms with Crippen molar-refractivity contribution in [2.75, 3.05) is 10.8 Å². The molecule has 1 aliphatic rings. The molecule has 1 aliphatic heterocycles. The maximum absolute atomic E-state index is 12.5. The molecular formula is C17H13ClN2O2S. The average molecular weight is 345 g/mol. The van der Waals surface area contributed by atoms with Gasteiger partial charge in [0.1, 0.15) is 0 Å². The summed E-state index contributed by atoms with van der Waals surface area (Å²) in [5.41, 5.74) is 2.24. The summed E-state index contributed by atoms with van der Waals surface area (Å²) in [6.07, 6.45) is 0. The van der Waals surface area contributed by atoms with Crippen LogP contribution in [0.1, 0.15) is 15.9 Å². The van der Waals surface area contributed by atoms with E-state index in [2.05, 4.69) is 5.10 Å².